The zero-order valence-electron chi connectivity index (χ0n) is 16.4. The molecule has 0 aromatic heterocycles. The van der Waals surface area contributed by atoms with Crippen LogP contribution >= 0.6 is 0 Å². The van der Waals surface area contributed by atoms with E-state index in [9.17, 15) is 32.7 Å². The normalized spacial score (nSPS) is 19.8. The Labute approximate surface area is 165 Å². The van der Waals surface area contributed by atoms with E-state index in [4.69, 9.17) is 4.74 Å². The van der Waals surface area contributed by atoms with Gasteiger partial charge in [-0.1, -0.05) is 12.1 Å². The third-order valence-electron chi connectivity index (χ3n) is 4.48. The summed E-state index contributed by atoms with van der Waals surface area (Å²) in [6.45, 7) is 4.43. The molecule has 0 spiro atoms. The van der Waals surface area contributed by atoms with Crippen molar-refractivity contribution in [3.63, 3.8) is 0 Å². The first kappa shape index (κ1) is 22.5. The van der Waals surface area contributed by atoms with E-state index in [1.807, 2.05) is 0 Å². The number of esters is 1. The molecule has 1 saturated heterocycles. The van der Waals surface area contributed by atoms with Gasteiger partial charge in [0.15, 0.2) is 0 Å². The van der Waals surface area contributed by atoms with Crippen molar-refractivity contribution < 1.29 is 42.1 Å². The summed E-state index contributed by atoms with van der Waals surface area (Å²) in [6.07, 6.45) is -5.63. The van der Waals surface area contributed by atoms with E-state index in [-0.39, 0.29) is 18.7 Å². The van der Waals surface area contributed by atoms with Crippen molar-refractivity contribution in [1.82, 2.24) is 4.90 Å². The molecule has 0 unspecified atom stereocenters. The van der Waals surface area contributed by atoms with Crippen LogP contribution in [0.5, 0.6) is 0 Å². The summed E-state index contributed by atoms with van der Waals surface area (Å²) in [5.41, 5.74) is -2.93. The number of benzene rings is 1. The maximum Gasteiger partial charge on any atom is 0.417 e. The number of rotatable bonds is 3. The van der Waals surface area contributed by atoms with E-state index in [0.717, 1.165) is 24.1 Å². The Morgan fingerprint density at radius 2 is 1.76 bits per heavy atom. The number of aliphatic carboxylic acids is 1. The standard InChI is InChI=1S/C19H22F3NO6/c1-18(2,3)29-17(27)23-8-11(12(9-23)15(24)25)10-6-5-7-13(19(20,21)22)14(10)16(26)28-4/h5-7,11-12H,8-9H2,1-4H3,(H,24,25)/t11-,12+/m1/s1. The van der Waals surface area contributed by atoms with Gasteiger partial charge in [-0.25, -0.2) is 9.59 Å². The van der Waals surface area contributed by atoms with Crippen molar-refractivity contribution in [3.8, 4) is 0 Å². The van der Waals surface area contributed by atoms with Crippen molar-refractivity contribution in [2.45, 2.75) is 38.5 Å². The average molecular weight is 417 g/mol. The number of likely N-dealkylation sites (tertiary alicyclic amines) is 1. The summed E-state index contributed by atoms with van der Waals surface area (Å²) in [5.74, 6) is -4.78. The van der Waals surface area contributed by atoms with Crippen LogP contribution in [0.2, 0.25) is 0 Å². The molecular weight excluding hydrogens is 395 g/mol. The van der Waals surface area contributed by atoms with Gasteiger partial charge in [0, 0.05) is 19.0 Å². The topological polar surface area (TPSA) is 93.1 Å². The molecule has 0 radical (unpaired) electrons. The van der Waals surface area contributed by atoms with Crippen molar-refractivity contribution >= 4 is 18.0 Å². The van der Waals surface area contributed by atoms with Gasteiger partial charge in [-0.15, -0.1) is 0 Å². The van der Waals surface area contributed by atoms with Gasteiger partial charge in [-0.2, -0.15) is 13.2 Å². The lowest BCUT2D eigenvalue weighted by molar-refractivity contribution is -0.141. The second kappa shape index (κ2) is 7.92. The highest BCUT2D eigenvalue weighted by molar-refractivity contribution is 5.93. The van der Waals surface area contributed by atoms with Crippen molar-refractivity contribution in [1.29, 1.82) is 0 Å². The van der Waals surface area contributed by atoms with Crippen molar-refractivity contribution in [2.24, 2.45) is 5.92 Å². The second-order valence-electron chi connectivity index (χ2n) is 7.70. The number of carbonyl (C=O) groups excluding carboxylic acids is 2. The highest BCUT2D eigenvalue weighted by atomic mass is 19.4. The largest absolute Gasteiger partial charge is 0.481 e. The van der Waals surface area contributed by atoms with E-state index >= 15 is 0 Å². The third-order valence-corrected chi connectivity index (χ3v) is 4.48. The van der Waals surface area contributed by atoms with Crippen LogP contribution in [0.25, 0.3) is 0 Å². The van der Waals surface area contributed by atoms with E-state index in [0.29, 0.717) is 0 Å². The number of halogens is 3. The number of ether oxygens (including phenoxy) is 2. The van der Waals surface area contributed by atoms with Crippen LogP contribution in [0.1, 0.15) is 48.2 Å². The molecule has 1 amide bonds. The fourth-order valence-corrected chi connectivity index (χ4v) is 3.29. The van der Waals surface area contributed by atoms with Crippen LogP contribution in [-0.4, -0.2) is 53.8 Å². The minimum absolute atomic E-state index is 0.134. The number of methoxy groups -OCH3 is 1. The Bertz CT molecular complexity index is 815. The fraction of sp³-hybridized carbons (Fsp3) is 0.526. The van der Waals surface area contributed by atoms with Gasteiger partial charge in [0.1, 0.15) is 5.60 Å². The minimum atomic E-state index is -4.85. The number of hydrogen-bond donors (Lipinski definition) is 1. The zero-order valence-corrected chi connectivity index (χ0v) is 16.4. The summed E-state index contributed by atoms with van der Waals surface area (Å²) < 4.78 is 50.1. The number of amides is 1. The molecule has 2 rings (SSSR count). The highest BCUT2D eigenvalue weighted by Gasteiger charge is 2.45. The SMILES string of the molecule is COC(=O)c1c([C@H]2CN(C(=O)OC(C)(C)C)C[C@@H]2C(=O)O)cccc1C(F)(F)F. The molecule has 0 aliphatic carbocycles. The van der Waals surface area contributed by atoms with Crippen LogP contribution in [0.15, 0.2) is 18.2 Å². The van der Waals surface area contributed by atoms with Crippen LogP contribution in [0.4, 0.5) is 18.0 Å². The first-order valence-corrected chi connectivity index (χ1v) is 8.75. The lowest BCUT2D eigenvalue weighted by Gasteiger charge is -2.24. The molecule has 29 heavy (non-hydrogen) atoms. The van der Waals surface area contributed by atoms with Gasteiger partial charge in [-0.3, -0.25) is 4.79 Å². The number of alkyl halides is 3. The van der Waals surface area contributed by atoms with Crippen LogP contribution in [0.3, 0.4) is 0 Å². The van der Waals surface area contributed by atoms with Crippen molar-refractivity contribution in [2.75, 3.05) is 20.2 Å². The molecule has 0 bridgehead atoms. The number of carboxylic acids is 1. The van der Waals surface area contributed by atoms with E-state index in [2.05, 4.69) is 4.74 Å². The van der Waals surface area contributed by atoms with E-state index in [1.54, 1.807) is 20.8 Å². The minimum Gasteiger partial charge on any atom is -0.481 e. The Balaban J connectivity index is 2.52. The number of hydrogen-bond acceptors (Lipinski definition) is 5. The molecule has 0 saturated carbocycles. The van der Waals surface area contributed by atoms with Crippen LogP contribution in [-0.2, 0) is 20.4 Å². The highest BCUT2D eigenvalue weighted by Crippen LogP contribution is 2.40. The second-order valence-corrected chi connectivity index (χ2v) is 7.70. The predicted molar refractivity (Wildman–Crippen MR) is 94.5 cm³/mol. The first-order chi connectivity index (χ1) is 13.3. The lowest BCUT2D eigenvalue weighted by Crippen LogP contribution is -2.35. The molecule has 160 valence electrons. The molecule has 10 heteroatoms. The first-order valence-electron chi connectivity index (χ1n) is 8.75. The summed E-state index contributed by atoms with van der Waals surface area (Å²) in [4.78, 5) is 37.4. The summed E-state index contributed by atoms with van der Waals surface area (Å²) in [6, 6.07) is 3.08. The van der Waals surface area contributed by atoms with Gasteiger partial charge in [0.25, 0.3) is 0 Å². The quantitative estimate of drug-likeness (QED) is 0.757. The monoisotopic (exact) mass is 417 g/mol. The average Bonchev–Trinajstić information content (AvgIpc) is 3.04. The van der Waals surface area contributed by atoms with E-state index < -0.39 is 52.8 Å². The molecule has 1 aromatic rings. The molecule has 7 nitrogen and oxygen atoms in total. The van der Waals surface area contributed by atoms with Gasteiger partial charge in [0.05, 0.1) is 24.2 Å². The Morgan fingerprint density at radius 3 is 2.24 bits per heavy atom. The summed E-state index contributed by atoms with van der Waals surface area (Å²) in [5, 5.41) is 9.58. The van der Waals surface area contributed by atoms with Gasteiger partial charge in [0.2, 0.25) is 0 Å². The van der Waals surface area contributed by atoms with Gasteiger partial charge < -0.3 is 19.5 Å². The number of carboxylic acid groups (broad SMARTS) is 1. The summed E-state index contributed by atoms with van der Waals surface area (Å²) in [7, 11) is 0.940. The van der Waals surface area contributed by atoms with Gasteiger partial charge in [-0.05, 0) is 32.4 Å². The molecule has 1 heterocycles. The Hall–Kier alpha value is -2.78. The predicted octanol–water partition coefficient (Wildman–Crippen LogP) is 3.53. The summed E-state index contributed by atoms with van der Waals surface area (Å²) >= 11 is 0. The van der Waals surface area contributed by atoms with Crippen LogP contribution < -0.4 is 0 Å². The molecule has 1 aliphatic heterocycles. The molecule has 1 fully saturated rings. The third kappa shape index (κ3) is 4.99. The zero-order chi connectivity index (χ0) is 22.1. The Kier molecular flexibility index (Phi) is 6.15. The molecule has 1 aliphatic rings. The number of nitrogens with zero attached hydrogens (tertiary/aromatic N) is 1. The molecular formula is C19H22F3NO6. The fourth-order valence-electron chi connectivity index (χ4n) is 3.29. The molecule has 1 N–H and O–H groups in total. The smallest absolute Gasteiger partial charge is 0.417 e. The lowest BCUT2D eigenvalue weighted by atomic mass is 9.84. The maximum atomic E-state index is 13.4. The Morgan fingerprint density at radius 1 is 1.14 bits per heavy atom. The molecule has 1 aromatic carbocycles. The van der Waals surface area contributed by atoms with Crippen molar-refractivity contribution in [3.05, 3.63) is 34.9 Å². The van der Waals surface area contributed by atoms with E-state index in [1.165, 1.54) is 6.07 Å². The maximum absolute atomic E-state index is 13.4. The van der Waals surface area contributed by atoms with Crippen LogP contribution in [0, 0.1) is 5.92 Å². The number of carbonyl (C=O) groups is 3. The van der Waals surface area contributed by atoms with Gasteiger partial charge >= 0.3 is 24.2 Å². The molecule has 2 atom stereocenters.